The van der Waals surface area contributed by atoms with E-state index in [0.29, 0.717) is 44.6 Å². The van der Waals surface area contributed by atoms with E-state index in [0.717, 1.165) is 18.4 Å². The number of carbonyl (C=O) groups is 4. The van der Waals surface area contributed by atoms with Gasteiger partial charge in [0.25, 0.3) is 0 Å². The Hall–Kier alpha value is -2.03. The van der Waals surface area contributed by atoms with Gasteiger partial charge < -0.3 is 20.3 Å². The minimum atomic E-state index is -1.78. The van der Waals surface area contributed by atoms with Crippen LogP contribution in [0.15, 0.2) is 23.8 Å². The number of nitrogens with one attached hydrogen (secondary N) is 1. The number of amides is 1. The molecule has 0 spiro atoms. The maximum absolute atomic E-state index is 13.8. The van der Waals surface area contributed by atoms with Crippen LogP contribution in [0.4, 0.5) is 0 Å². The maximum Gasteiger partial charge on any atom is 0.309 e. The second-order valence-corrected chi connectivity index (χ2v) is 14.5. The second-order valence-electron chi connectivity index (χ2n) is 13.9. The van der Waals surface area contributed by atoms with E-state index in [2.05, 4.69) is 5.32 Å². The summed E-state index contributed by atoms with van der Waals surface area (Å²) in [5.74, 6) is -1.79. The van der Waals surface area contributed by atoms with Crippen molar-refractivity contribution in [2.24, 2.45) is 40.4 Å². The van der Waals surface area contributed by atoms with Gasteiger partial charge in [-0.1, -0.05) is 32.4 Å². The normalized spacial score (nSPS) is 45.1. The van der Waals surface area contributed by atoms with E-state index >= 15 is 0 Å². The molecule has 5 aliphatic carbocycles. The lowest BCUT2D eigenvalue weighted by Crippen LogP contribution is -2.69. The molecule has 226 valence electrons. The molecule has 41 heavy (non-hydrogen) atoms. The van der Waals surface area contributed by atoms with Crippen molar-refractivity contribution in [3.63, 3.8) is 0 Å². The van der Waals surface area contributed by atoms with E-state index in [1.54, 1.807) is 6.08 Å². The number of halogens is 1. The van der Waals surface area contributed by atoms with Crippen LogP contribution < -0.4 is 5.32 Å². The van der Waals surface area contributed by atoms with Crippen LogP contribution in [0.1, 0.15) is 79.1 Å². The Kier molecular flexibility index (Phi) is 7.87. The SMILES string of the molecule is CC(=O)NCC1CCC(C(=O)OCC(=O)C2(O)C(C)CC3C4CCC5=CC(=O)C=CC5(C)C4(Cl)C(O)CC32C)CC1. The molecular weight excluding hydrogens is 546 g/mol. The molecule has 0 radical (unpaired) electrons. The molecule has 1 amide bonds. The van der Waals surface area contributed by atoms with Crippen molar-refractivity contribution >= 4 is 35.0 Å². The van der Waals surface area contributed by atoms with E-state index in [9.17, 15) is 29.4 Å². The Balaban J connectivity index is 1.29. The zero-order valence-electron chi connectivity index (χ0n) is 24.6. The van der Waals surface area contributed by atoms with E-state index in [1.165, 1.54) is 13.0 Å². The first-order chi connectivity index (χ1) is 19.2. The molecule has 0 heterocycles. The molecule has 5 rings (SSSR count). The lowest BCUT2D eigenvalue weighted by molar-refractivity contribution is -0.183. The van der Waals surface area contributed by atoms with Crippen molar-refractivity contribution in [3.05, 3.63) is 23.8 Å². The van der Waals surface area contributed by atoms with Crippen molar-refractivity contribution in [2.45, 2.75) is 95.6 Å². The fourth-order valence-electron chi connectivity index (χ4n) is 9.40. The van der Waals surface area contributed by atoms with Gasteiger partial charge >= 0.3 is 5.97 Å². The minimum Gasteiger partial charge on any atom is -0.457 e. The second kappa shape index (κ2) is 10.6. The first-order valence-corrected chi connectivity index (χ1v) is 15.5. The fraction of sp³-hybridized carbons (Fsp3) is 0.750. The molecule has 3 N–H and O–H groups in total. The fourth-order valence-corrected chi connectivity index (χ4v) is 9.92. The highest BCUT2D eigenvalue weighted by Gasteiger charge is 2.74. The van der Waals surface area contributed by atoms with E-state index in [1.807, 2.05) is 26.8 Å². The number of esters is 1. The number of fused-ring (bicyclic) bond motifs is 5. The van der Waals surface area contributed by atoms with Crippen LogP contribution in [-0.4, -0.2) is 63.4 Å². The summed E-state index contributed by atoms with van der Waals surface area (Å²) in [5, 5.41) is 26.7. The Morgan fingerprint density at radius 2 is 1.80 bits per heavy atom. The lowest BCUT2D eigenvalue weighted by Gasteiger charge is -2.63. The van der Waals surface area contributed by atoms with Crippen LogP contribution in [0.25, 0.3) is 0 Å². The summed E-state index contributed by atoms with van der Waals surface area (Å²) in [5.41, 5.74) is -2.52. The van der Waals surface area contributed by atoms with E-state index in [-0.39, 0.29) is 35.9 Å². The predicted molar refractivity (Wildman–Crippen MR) is 153 cm³/mol. The third-order valence-electron chi connectivity index (χ3n) is 11.8. The molecule has 0 aromatic carbocycles. The summed E-state index contributed by atoms with van der Waals surface area (Å²) in [6.45, 7) is 7.30. The molecule has 0 aliphatic heterocycles. The van der Waals surface area contributed by atoms with Crippen molar-refractivity contribution < 1.29 is 34.1 Å². The molecule has 8 nitrogen and oxygen atoms in total. The summed E-state index contributed by atoms with van der Waals surface area (Å²) in [4.78, 5) is 48.9. The largest absolute Gasteiger partial charge is 0.457 e. The summed E-state index contributed by atoms with van der Waals surface area (Å²) in [7, 11) is 0. The van der Waals surface area contributed by atoms with Crippen LogP contribution in [0, 0.1) is 40.4 Å². The van der Waals surface area contributed by atoms with Gasteiger partial charge in [0.15, 0.2) is 12.4 Å². The maximum atomic E-state index is 13.8. The zero-order chi connectivity index (χ0) is 30.0. The van der Waals surface area contributed by atoms with Gasteiger partial charge in [-0.15, -0.1) is 11.6 Å². The third-order valence-corrected chi connectivity index (χ3v) is 12.7. The molecule has 8 unspecified atom stereocenters. The van der Waals surface area contributed by atoms with Gasteiger partial charge in [0, 0.05) is 24.3 Å². The first kappa shape index (κ1) is 30.4. The van der Waals surface area contributed by atoms with Crippen LogP contribution in [0.5, 0.6) is 0 Å². The number of aliphatic hydroxyl groups is 2. The monoisotopic (exact) mass is 589 g/mol. The number of alkyl halides is 1. The number of hydrogen-bond donors (Lipinski definition) is 3. The number of hydrogen-bond acceptors (Lipinski definition) is 7. The zero-order valence-corrected chi connectivity index (χ0v) is 25.3. The number of aliphatic hydroxyl groups excluding tert-OH is 1. The van der Waals surface area contributed by atoms with Gasteiger partial charge in [-0.3, -0.25) is 19.2 Å². The molecule has 5 aliphatic rings. The number of allylic oxidation sites excluding steroid dienone is 4. The molecule has 0 aromatic rings. The van der Waals surface area contributed by atoms with E-state index < -0.39 is 51.7 Å². The molecule has 4 saturated carbocycles. The average Bonchev–Trinajstić information content (AvgIpc) is 3.13. The molecule has 4 fully saturated rings. The Morgan fingerprint density at radius 3 is 2.46 bits per heavy atom. The Bertz CT molecular complexity index is 1190. The van der Waals surface area contributed by atoms with Gasteiger partial charge in [0.05, 0.1) is 16.9 Å². The topological polar surface area (TPSA) is 130 Å². The van der Waals surface area contributed by atoms with Crippen molar-refractivity contribution in [1.29, 1.82) is 0 Å². The predicted octanol–water partition coefficient (Wildman–Crippen LogP) is 3.66. The average molecular weight is 590 g/mol. The summed E-state index contributed by atoms with van der Waals surface area (Å²) >= 11 is 7.46. The smallest absolute Gasteiger partial charge is 0.309 e. The summed E-state index contributed by atoms with van der Waals surface area (Å²) in [6.07, 6.45) is 8.85. The molecule has 0 aromatic heterocycles. The van der Waals surface area contributed by atoms with Crippen LogP contribution >= 0.6 is 11.6 Å². The quantitative estimate of drug-likeness (QED) is 0.318. The highest BCUT2D eigenvalue weighted by molar-refractivity contribution is 6.26. The number of Topliss-reactive ketones (excluding diaryl/α,β-unsaturated/α-hetero) is 1. The van der Waals surface area contributed by atoms with E-state index in [4.69, 9.17) is 16.3 Å². The van der Waals surface area contributed by atoms with Gasteiger partial charge in [0.1, 0.15) is 5.60 Å². The first-order valence-electron chi connectivity index (χ1n) is 15.2. The number of carbonyl (C=O) groups excluding carboxylic acids is 4. The lowest BCUT2D eigenvalue weighted by atomic mass is 9.45. The van der Waals surface area contributed by atoms with Crippen LogP contribution in [0.2, 0.25) is 0 Å². The summed E-state index contributed by atoms with van der Waals surface area (Å²) in [6, 6.07) is 0. The molecule has 9 heteroatoms. The number of rotatable bonds is 6. The van der Waals surface area contributed by atoms with Crippen molar-refractivity contribution in [3.8, 4) is 0 Å². The Labute approximate surface area is 247 Å². The van der Waals surface area contributed by atoms with Crippen LogP contribution in [-0.2, 0) is 23.9 Å². The Morgan fingerprint density at radius 1 is 1.12 bits per heavy atom. The molecule has 8 atom stereocenters. The van der Waals surface area contributed by atoms with Gasteiger partial charge in [-0.05, 0) is 87.2 Å². The van der Waals surface area contributed by atoms with Crippen LogP contribution in [0.3, 0.4) is 0 Å². The van der Waals surface area contributed by atoms with Gasteiger partial charge in [0.2, 0.25) is 11.7 Å². The number of ketones is 2. The molecular formula is C32H44ClNO7. The van der Waals surface area contributed by atoms with Crippen molar-refractivity contribution in [2.75, 3.05) is 13.2 Å². The van der Waals surface area contributed by atoms with Gasteiger partial charge in [-0.25, -0.2) is 0 Å². The number of ether oxygens (including phenoxy) is 1. The van der Waals surface area contributed by atoms with Crippen molar-refractivity contribution in [1.82, 2.24) is 5.32 Å². The summed E-state index contributed by atoms with van der Waals surface area (Å²) < 4.78 is 5.52. The minimum absolute atomic E-state index is 0.0659. The third kappa shape index (κ3) is 4.54. The van der Waals surface area contributed by atoms with Gasteiger partial charge in [-0.2, -0.15) is 0 Å². The molecule has 0 bridgehead atoms. The molecule has 0 saturated heterocycles. The highest BCUT2D eigenvalue weighted by Crippen LogP contribution is 2.71. The standard InChI is InChI=1S/C32H44ClNO7/c1-18-13-25-24-10-9-22-14-23(36)11-12-29(22,3)31(24,33)26(37)15-30(25,4)32(18,40)27(38)17-41-28(39)21-7-5-20(6-8-21)16-34-19(2)35/h11-12,14,18,20-21,24-26,37,40H,5-10,13,15-17H2,1-4H3,(H,34,35). The highest BCUT2D eigenvalue weighted by atomic mass is 35.5.